The Bertz CT molecular complexity index is 772. The fourth-order valence-electron chi connectivity index (χ4n) is 4.06. The Labute approximate surface area is 160 Å². The van der Waals surface area contributed by atoms with E-state index in [1.807, 2.05) is 0 Å². The van der Waals surface area contributed by atoms with Crippen LogP contribution >= 0.6 is 0 Å². The molecule has 0 bridgehead atoms. The molecular weight excluding hydrogens is 343 g/mol. The molecule has 0 radical (unpaired) electrons. The molecule has 2 aromatic rings. The van der Waals surface area contributed by atoms with E-state index >= 15 is 0 Å². The molecule has 5 N–H and O–H groups in total. The fourth-order valence-corrected chi connectivity index (χ4v) is 4.06. The number of aromatic nitrogens is 2. The molecule has 0 amide bonds. The molecule has 0 spiro atoms. The number of halogens is 1. The minimum atomic E-state index is -0.250. The van der Waals surface area contributed by atoms with E-state index in [0.29, 0.717) is 23.9 Å². The van der Waals surface area contributed by atoms with Gasteiger partial charge in [-0.2, -0.15) is 0 Å². The lowest BCUT2D eigenvalue weighted by Gasteiger charge is -2.46. The van der Waals surface area contributed by atoms with Crippen molar-refractivity contribution in [3.63, 3.8) is 0 Å². The van der Waals surface area contributed by atoms with Crippen LogP contribution in [0.2, 0.25) is 0 Å². The van der Waals surface area contributed by atoms with Crippen molar-refractivity contribution >= 4 is 17.3 Å². The maximum atomic E-state index is 13.0. The summed E-state index contributed by atoms with van der Waals surface area (Å²) in [5, 5.41) is 10.4. The molecule has 0 atom stereocenters. The van der Waals surface area contributed by atoms with Crippen molar-refractivity contribution in [3.05, 3.63) is 42.0 Å². The van der Waals surface area contributed by atoms with Crippen molar-refractivity contribution in [2.24, 2.45) is 0 Å². The quantitative estimate of drug-likeness (QED) is 0.642. The zero-order valence-corrected chi connectivity index (χ0v) is 16.4. The average Bonchev–Trinajstić information content (AvgIpc) is 2.54. The van der Waals surface area contributed by atoms with Gasteiger partial charge in [-0.3, -0.25) is 0 Å². The van der Waals surface area contributed by atoms with Gasteiger partial charge < -0.3 is 21.7 Å². The molecule has 1 aromatic carbocycles. The number of anilines is 3. The largest absolute Gasteiger partial charge is 0.393 e. The molecule has 27 heavy (non-hydrogen) atoms. The molecule has 1 saturated heterocycles. The minimum Gasteiger partial charge on any atom is -0.393 e. The number of nitrogens with one attached hydrogen (secondary N) is 3. The van der Waals surface area contributed by atoms with Crippen LogP contribution in [0.15, 0.2) is 30.6 Å². The summed E-state index contributed by atoms with van der Waals surface area (Å²) in [6.45, 7) is 9.35. The molecule has 0 unspecified atom stereocenters. The van der Waals surface area contributed by atoms with Crippen molar-refractivity contribution in [2.45, 2.75) is 64.2 Å². The van der Waals surface area contributed by atoms with Crippen LogP contribution in [0.1, 0.15) is 46.1 Å². The number of nitrogens with two attached hydrogens (primary N) is 1. The minimum absolute atomic E-state index is 0.0326. The Morgan fingerprint density at radius 2 is 1.67 bits per heavy atom. The second-order valence-electron chi connectivity index (χ2n) is 8.61. The van der Waals surface area contributed by atoms with E-state index in [0.717, 1.165) is 18.4 Å². The SMILES string of the molecule is CC1(C)CC(Nc2ncnc(NCc3ccc(F)cc3)c2N)CC(C)(C)N1. The predicted octanol–water partition coefficient (Wildman–Crippen LogP) is 3.53. The maximum Gasteiger partial charge on any atom is 0.155 e. The molecule has 1 aromatic heterocycles. The number of benzene rings is 1. The summed E-state index contributed by atoms with van der Waals surface area (Å²) in [6, 6.07) is 6.61. The van der Waals surface area contributed by atoms with Gasteiger partial charge in [0.15, 0.2) is 11.6 Å². The highest BCUT2D eigenvalue weighted by Gasteiger charge is 2.37. The molecule has 7 heteroatoms. The summed E-state index contributed by atoms with van der Waals surface area (Å²) in [5.74, 6) is 0.967. The van der Waals surface area contributed by atoms with E-state index in [-0.39, 0.29) is 22.9 Å². The highest BCUT2D eigenvalue weighted by molar-refractivity contribution is 5.74. The van der Waals surface area contributed by atoms with Gasteiger partial charge in [0.2, 0.25) is 0 Å². The Kier molecular flexibility index (Phi) is 5.24. The summed E-state index contributed by atoms with van der Waals surface area (Å²) in [6.07, 6.45) is 3.44. The van der Waals surface area contributed by atoms with E-state index in [4.69, 9.17) is 5.73 Å². The van der Waals surface area contributed by atoms with Gasteiger partial charge in [0.1, 0.15) is 17.8 Å². The van der Waals surface area contributed by atoms with Crippen LogP contribution in [-0.4, -0.2) is 27.1 Å². The molecule has 1 aliphatic rings. The first-order valence-electron chi connectivity index (χ1n) is 9.28. The topological polar surface area (TPSA) is 87.9 Å². The van der Waals surface area contributed by atoms with Gasteiger partial charge in [0.25, 0.3) is 0 Å². The average molecular weight is 372 g/mol. The summed E-state index contributed by atoms with van der Waals surface area (Å²) in [7, 11) is 0. The van der Waals surface area contributed by atoms with Crippen molar-refractivity contribution in [1.29, 1.82) is 0 Å². The molecule has 0 saturated carbocycles. The van der Waals surface area contributed by atoms with Crippen LogP contribution in [0.4, 0.5) is 21.7 Å². The van der Waals surface area contributed by atoms with Crippen LogP contribution in [0, 0.1) is 5.82 Å². The number of piperidine rings is 1. The summed E-state index contributed by atoms with van der Waals surface area (Å²) >= 11 is 0. The van der Waals surface area contributed by atoms with Crippen LogP contribution in [0.25, 0.3) is 0 Å². The van der Waals surface area contributed by atoms with E-state index in [1.165, 1.54) is 18.5 Å². The second-order valence-corrected chi connectivity index (χ2v) is 8.61. The number of nitrogens with zero attached hydrogens (tertiary/aromatic N) is 2. The van der Waals surface area contributed by atoms with Crippen molar-refractivity contribution in [1.82, 2.24) is 15.3 Å². The zero-order chi connectivity index (χ0) is 19.7. The van der Waals surface area contributed by atoms with Crippen molar-refractivity contribution in [3.8, 4) is 0 Å². The fraction of sp³-hybridized carbons (Fsp3) is 0.500. The van der Waals surface area contributed by atoms with Crippen LogP contribution in [0.5, 0.6) is 0 Å². The van der Waals surface area contributed by atoms with Gasteiger partial charge in [0, 0.05) is 23.7 Å². The zero-order valence-electron chi connectivity index (χ0n) is 16.4. The van der Waals surface area contributed by atoms with Gasteiger partial charge in [-0.15, -0.1) is 0 Å². The summed E-state index contributed by atoms with van der Waals surface area (Å²) in [5.41, 5.74) is 7.81. The Morgan fingerprint density at radius 1 is 1.07 bits per heavy atom. The van der Waals surface area contributed by atoms with Gasteiger partial charge in [-0.05, 0) is 58.2 Å². The third-order valence-electron chi connectivity index (χ3n) is 4.79. The molecule has 2 heterocycles. The number of nitrogen functional groups attached to an aromatic ring is 1. The van der Waals surface area contributed by atoms with E-state index < -0.39 is 0 Å². The third kappa shape index (κ3) is 5.07. The van der Waals surface area contributed by atoms with Crippen LogP contribution < -0.4 is 21.7 Å². The monoisotopic (exact) mass is 372 g/mol. The first kappa shape index (κ1) is 19.4. The molecule has 3 rings (SSSR count). The lowest BCUT2D eigenvalue weighted by molar-refractivity contribution is 0.170. The number of hydrogen-bond donors (Lipinski definition) is 4. The van der Waals surface area contributed by atoms with Crippen molar-refractivity contribution in [2.75, 3.05) is 16.4 Å². The first-order valence-corrected chi connectivity index (χ1v) is 9.28. The van der Waals surface area contributed by atoms with Gasteiger partial charge in [-0.1, -0.05) is 12.1 Å². The Morgan fingerprint density at radius 3 is 2.30 bits per heavy atom. The normalized spacial score (nSPS) is 18.9. The lowest BCUT2D eigenvalue weighted by atomic mass is 9.79. The van der Waals surface area contributed by atoms with Crippen LogP contribution in [-0.2, 0) is 6.54 Å². The maximum absolute atomic E-state index is 13.0. The number of hydrogen-bond acceptors (Lipinski definition) is 6. The molecule has 6 nitrogen and oxygen atoms in total. The highest BCUT2D eigenvalue weighted by Crippen LogP contribution is 2.32. The van der Waals surface area contributed by atoms with E-state index in [1.54, 1.807) is 12.1 Å². The van der Waals surface area contributed by atoms with Crippen molar-refractivity contribution < 1.29 is 4.39 Å². The highest BCUT2D eigenvalue weighted by atomic mass is 19.1. The van der Waals surface area contributed by atoms with Crippen LogP contribution in [0.3, 0.4) is 0 Å². The first-order chi connectivity index (χ1) is 12.6. The van der Waals surface area contributed by atoms with E-state index in [9.17, 15) is 4.39 Å². The summed E-state index contributed by atoms with van der Waals surface area (Å²) < 4.78 is 13.0. The Hall–Kier alpha value is -2.41. The van der Waals surface area contributed by atoms with Gasteiger partial charge >= 0.3 is 0 Å². The van der Waals surface area contributed by atoms with Gasteiger partial charge in [-0.25, -0.2) is 14.4 Å². The smallest absolute Gasteiger partial charge is 0.155 e. The molecule has 0 aliphatic carbocycles. The van der Waals surface area contributed by atoms with E-state index in [2.05, 4.69) is 53.6 Å². The third-order valence-corrected chi connectivity index (χ3v) is 4.79. The number of rotatable bonds is 5. The second kappa shape index (κ2) is 7.31. The van der Waals surface area contributed by atoms with Gasteiger partial charge in [0.05, 0.1) is 0 Å². The molecule has 1 aliphatic heterocycles. The predicted molar refractivity (Wildman–Crippen MR) is 108 cm³/mol. The molecular formula is C20H29FN6. The Balaban J connectivity index is 1.70. The lowest BCUT2D eigenvalue weighted by Crippen LogP contribution is -2.60. The molecule has 146 valence electrons. The standard InChI is InChI=1S/C20H29FN6/c1-19(2)9-15(10-20(3,4)27-19)26-18-16(22)17(24-12-25-18)23-11-13-5-7-14(21)8-6-13/h5-8,12,15,27H,9-11,22H2,1-4H3,(H2,23,24,25,26). The molecule has 1 fully saturated rings. The summed E-state index contributed by atoms with van der Waals surface area (Å²) in [4.78, 5) is 8.59.